The molecule has 3 nitrogen and oxygen atoms in total. The van der Waals surface area contributed by atoms with Gasteiger partial charge in [0.1, 0.15) is 5.75 Å². The monoisotopic (exact) mass is 293 g/mol. The van der Waals surface area contributed by atoms with Gasteiger partial charge in [0, 0.05) is 16.0 Å². The molecule has 0 aliphatic carbocycles. The number of thiophene rings is 1. The number of amides is 1. The van der Waals surface area contributed by atoms with Gasteiger partial charge in [0.2, 0.25) is 0 Å². The first-order valence-electron chi connectivity index (χ1n) is 5.90. The molecule has 0 fully saturated rings. The normalized spacial score (nSPS) is 10.5. The van der Waals surface area contributed by atoms with E-state index in [1.807, 2.05) is 43.5 Å². The molecule has 0 saturated carbocycles. The third-order valence-electron chi connectivity index (χ3n) is 2.29. The summed E-state index contributed by atoms with van der Waals surface area (Å²) in [5.41, 5.74) is 0.746. The van der Waals surface area contributed by atoms with Gasteiger partial charge in [-0.2, -0.15) is 0 Å². The number of hydrogen-bond donors (Lipinski definition) is 2. The first-order valence-corrected chi connectivity index (χ1v) is 7.23. The zero-order chi connectivity index (χ0) is 13.8. The largest absolute Gasteiger partial charge is 0.491 e. The van der Waals surface area contributed by atoms with E-state index in [1.54, 1.807) is 6.07 Å². The van der Waals surface area contributed by atoms with E-state index in [2.05, 4.69) is 17.9 Å². The van der Waals surface area contributed by atoms with Gasteiger partial charge >= 0.3 is 0 Å². The van der Waals surface area contributed by atoms with Gasteiger partial charge in [-0.3, -0.25) is 4.79 Å². The summed E-state index contributed by atoms with van der Waals surface area (Å²) in [6.07, 6.45) is 0.139. The third kappa shape index (κ3) is 4.01. The van der Waals surface area contributed by atoms with Crippen molar-refractivity contribution in [2.24, 2.45) is 0 Å². The molecular weight excluding hydrogens is 278 g/mol. The number of ether oxygens (including phenoxy) is 1. The molecule has 5 heteroatoms. The number of carbonyl (C=O) groups is 1. The van der Waals surface area contributed by atoms with Crippen LogP contribution >= 0.6 is 24.0 Å². The van der Waals surface area contributed by atoms with Crippen LogP contribution < -0.4 is 10.1 Å². The summed E-state index contributed by atoms with van der Waals surface area (Å²) < 4.78 is 5.54. The molecule has 0 atom stereocenters. The highest BCUT2D eigenvalue weighted by Gasteiger charge is 2.08. The zero-order valence-electron chi connectivity index (χ0n) is 10.7. The number of rotatable bonds is 4. The summed E-state index contributed by atoms with van der Waals surface area (Å²) in [5.74, 6) is 0.671. The molecule has 0 unspecified atom stereocenters. The topological polar surface area (TPSA) is 38.3 Å². The fraction of sp³-hybridized carbons (Fsp3) is 0.214. The molecule has 1 aromatic carbocycles. The highest BCUT2D eigenvalue weighted by Crippen LogP contribution is 2.21. The number of anilines is 1. The summed E-state index contributed by atoms with van der Waals surface area (Å²) in [6, 6.07) is 9.08. The van der Waals surface area contributed by atoms with E-state index in [-0.39, 0.29) is 12.0 Å². The predicted octanol–water partition coefficient (Wildman–Crippen LogP) is 4.08. The lowest BCUT2D eigenvalue weighted by atomic mass is 10.3. The van der Waals surface area contributed by atoms with E-state index in [0.717, 1.165) is 16.3 Å². The van der Waals surface area contributed by atoms with Gasteiger partial charge < -0.3 is 10.1 Å². The molecule has 2 aromatic rings. The maximum absolute atomic E-state index is 11.9. The maximum atomic E-state index is 11.9. The number of carbonyl (C=O) groups excluding carboxylic acids is 1. The van der Waals surface area contributed by atoms with E-state index in [9.17, 15) is 4.79 Å². The van der Waals surface area contributed by atoms with Crippen LogP contribution in [0.2, 0.25) is 0 Å². The zero-order valence-corrected chi connectivity index (χ0v) is 12.4. The summed E-state index contributed by atoms with van der Waals surface area (Å²) in [5, 5.41) is 4.67. The maximum Gasteiger partial charge on any atom is 0.265 e. The molecule has 2 rings (SSSR count). The molecule has 100 valence electrons. The second kappa shape index (κ2) is 6.12. The lowest BCUT2D eigenvalue weighted by Crippen LogP contribution is -2.10. The number of hydrogen-bond acceptors (Lipinski definition) is 4. The summed E-state index contributed by atoms with van der Waals surface area (Å²) >= 11 is 5.56. The van der Waals surface area contributed by atoms with Crippen molar-refractivity contribution in [2.75, 3.05) is 5.32 Å². The van der Waals surface area contributed by atoms with Crippen molar-refractivity contribution < 1.29 is 9.53 Å². The van der Waals surface area contributed by atoms with Crippen molar-refractivity contribution in [3.05, 3.63) is 40.6 Å². The summed E-state index contributed by atoms with van der Waals surface area (Å²) in [4.78, 5) is 13.4. The Morgan fingerprint density at radius 2 is 2.00 bits per heavy atom. The minimum absolute atomic E-state index is 0.122. The quantitative estimate of drug-likeness (QED) is 0.834. The molecule has 1 N–H and O–H groups in total. The Labute approximate surface area is 122 Å². The van der Waals surface area contributed by atoms with Crippen LogP contribution in [0.15, 0.2) is 40.6 Å². The predicted molar refractivity (Wildman–Crippen MR) is 81.7 cm³/mol. The van der Waals surface area contributed by atoms with Gasteiger partial charge in [-0.25, -0.2) is 0 Å². The Morgan fingerprint density at radius 1 is 1.32 bits per heavy atom. The molecule has 0 saturated heterocycles. The second-order valence-electron chi connectivity index (χ2n) is 4.31. The highest BCUT2D eigenvalue weighted by molar-refractivity contribution is 7.80. The van der Waals surface area contributed by atoms with Crippen molar-refractivity contribution in [1.29, 1.82) is 0 Å². The lowest BCUT2D eigenvalue weighted by molar-refractivity contribution is 0.103. The van der Waals surface area contributed by atoms with Crippen LogP contribution in [-0.4, -0.2) is 12.0 Å². The van der Waals surface area contributed by atoms with Crippen LogP contribution in [-0.2, 0) is 0 Å². The molecule has 0 bridgehead atoms. The van der Waals surface area contributed by atoms with E-state index >= 15 is 0 Å². The Morgan fingerprint density at radius 3 is 2.53 bits per heavy atom. The molecule has 0 aliphatic rings. The van der Waals surface area contributed by atoms with Crippen LogP contribution in [0.1, 0.15) is 23.5 Å². The first-order chi connectivity index (χ1) is 9.04. The van der Waals surface area contributed by atoms with Crippen LogP contribution in [0.4, 0.5) is 5.69 Å². The van der Waals surface area contributed by atoms with Crippen molar-refractivity contribution in [1.82, 2.24) is 0 Å². The molecule has 0 radical (unpaired) electrons. The molecule has 1 heterocycles. The standard InChI is InChI=1S/C14H15NO2S2/c1-9(2)17-11-5-3-10(4-6-11)15-14(16)13-7-12(18)8-19-13/h3-9,18H,1-2H3,(H,15,16). The molecule has 0 aliphatic heterocycles. The molecular formula is C14H15NO2S2. The fourth-order valence-corrected chi connectivity index (χ4v) is 2.57. The van der Waals surface area contributed by atoms with Gasteiger partial charge in [-0.1, -0.05) is 0 Å². The first kappa shape index (κ1) is 14.0. The lowest BCUT2D eigenvalue weighted by Gasteiger charge is -2.10. The van der Waals surface area contributed by atoms with E-state index in [0.29, 0.717) is 4.88 Å². The summed E-state index contributed by atoms with van der Waals surface area (Å²) in [7, 11) is 0. The molecule has 0 spiro atoms. The van der Waals surface area contributed by atoms with Gasteiger partial charge in [-0.05, 0) is 44.2 Å². The molecule has 1 aromatic heterocycles. The van der Waals surface area contributed by atoms with Gasteiger partial charge in [0.15, 0.2) is 0 Å². The van der Waals surface area contributed by atoms with Gasteiger partial charge in [0.25, 0.3) is 5.91 Å². The average molecular weight is 293 g/mol. The fourth-order valence-electron chi connectivity index (χ4n) is 1.53. The minimum Gasteiger partial charge on any atom is -0.491 e. The van der Waals surface area contributed by atoms with E-state index in [1.165, 1.54) is 11.3 Å². The van der Waals surface area contributed by atoms with Crippen molar-refractivity contribution in [2.45, 2.75) is 24.8 Å². The number of benzene rings is 1. The van der Waals surface area contributed by atoms with Crippen molar-refractivity contribution in [3.8, 4) is 5.75 Å². The van der Waals surface area contributed by atoms with E-state index < -0.39 is 0 Å². The Kier molecular flexibility index (Phi) is 4.50. The van der Waals surface area contributed by atoms with Crippen LogP contribution in [0.25, 0.3) is 0 Å². The summed E-state index contributed by atoms with van der Waals surface area (Å²) in [6.45, 7) is 3.95. The SMILES string of the molecule is CC(C)Oc1ccc(NC(=O)c2cc(S)cs2)cc1. The number of thiol groups is 1. The van der Waals surface area contributed by atoms with Gasteiger partial charge in [0.05, 0.1) is 11.0 Å². The highest BCUT2D eigenvalue weighted by atomic mass is 32.1. The third-order valence-corrected chi connectivity index (χ3v) is 3.66. The Bertz CT molecular complexity index is 561. The second-order valence-corrected chi connectivity index (χ2v) is 5.74. The minimum atomic E-state index is -0.122. The van der Waals surface area contributed by atoms with Crippen molar-refractivity contribution in [3.63, 3.8) is 0 Å². The Hall–Kier alpha value is -1.46. The van der Waals surface area contributed by atoms with Crippen LogP contribution in [0, 0.1) is 0 Å². The van der Waals surface area contributed by atoms with Crippen LogP contribution in [0.3, 0.4) is 0 Å². The van der Waals surface area contributed by atoms with Crippen molar-refractivity contribution >= 4 is 35.6 Å². The van der Waals surface area contributed by atoms with E-state index in [4.69, 9.17) is 4.74 Å². The smallest absolute Gasteiger partial charge is 0.265 e. The van der Waals surface area contributed by atoms with Gasteiger partial charge in [-0.15, -0.1) is 24.0 Å². The molecule has 1 amide bonds. The molecule has 19 heavy (non-hydrogen) atoms. The Balaban J connectivity index is 2.01. The number of nitrogens with one attached hydrogen (secondary N) is 1. The van der Waals surface area contributed by atoms with Crippen LogP contribution in [0.5, 0.6) is 5.75 Å². The average Bonchev–Trinajstić information content (AvgIpc) is 2.78.